The van der Waals surface area contributed by atoms with E-state index in [4.69, 9.17) is 9.47 Å². The van der Waals surface area contributed by atoms with E-state index in [0.717, 1.165) is 24.3 Å². The zero-order valence-corrected chi connectivity index (χ0v) is 16.7. The van der Waals surface area contributed by atoms with Gasteiger partial charge in [-0.1, -0.05) is 36.4 Å². The van der Waals surface area contributed by atoms with E-state index < -0.39 is 0 Å². The quantitative estimate of drug-likeness (QED) is 0.676. The summed E-state index contributed by atoms with van der Waals surface area (Å²) in [6.45, 7) is 6.57. The van der Waals surface area contributed by atoms with E-state index in [2.05, 4.69) is 59.3 Å². The van der Waals surface area contributed by atoms with Gasteiger partial charge in [0.05, 0.1) is 13.7 Å². The minimum atomic E-state index is 0.656. The van der Waals surface area contributed by atoms with Crippen LogP contribution in [0.25, 0.3) is 0 Å². The first-order valence-electron chi connectivity index (χ1n) is 9.99. The highest BCUT2D eigenvalue weighted by molar-refractivity contribution is 5.43. The van der Waals surface area contributed by atoms with Gasteiger partial charge in [-0.25, -0.2) is 0 Å². The standard InChI is InChI=1S/C23H32N2O2/c1-24-14-16-25(17-15-24)13-6-9-21-10-11-22(23(19-21)26-2)27-18-12-20-7-4-3-5-8-20/h3-5,7-8,10-11,19H,6,9,12-18H2,1-2H3. The Kier molecular flexibility index (Phi) is 7.55. The Labute approximate surface area is 163 Å². The topological polar surface area (TPSA) is 24.9 Å². The monoisotopic (exact) mass is 368 g/mol. The highest BCUT2D eigenvalue weighted by atomic mass is 16.5. The molecule has 2 aromatic carbocycles. The number of likely N-dealkylation sites (N-methyl/N-ethyl adjacent to an activating group) is 1. The second kappa shape index (κ2) is 10.3. The van der Waals surface area contributed by atoms with Crippen LogP contribution in [0.5, 0.6) is 11.5 Å². The summed E-state index contributed by atoms with van der Waals surface area (Å²) in [7, 11) is 3.92. The summed E-state index contributed by atoms with van der Waals surface area (Å²) in [5.41, 5.74) is 2.60. The number of aryl methyl sites for hydroxylation is 1. The third-order valence-electron chi connectivity index (χ3n) is 5.25. The first kappa shape index (κ1) is 19.7. The molecule has 3 rings (SSSR count). The lowest BCUT2D eigenvalue weighted by Gasteiger charge is -2.32. The van der Waals surface area contributed by atoms with Crippen molar-refractivity contribution in [2.45, 2.75) is 19.3 Å². The highest BCUT2D eigenvalue weighted by Gasteiger charge is 2.13. The van der Waals surface area contributed by atoms with E-state index in [0.29, 0.717) is 6.61 Å². The number of hydrogen-bond acceptors (Lipinski definition) is 4. The molecular weight excluding hydrogens is 336 g/mol. The lowest BCUT2D eigenvalue weighted by atomic mass is 10.1. The molecule has 1 heterocycles. The predicted molar refractivity (Wildman–Crippen MR) is 111 cm³/mol. The van der Waals surface area contributed by atoms with Crippen LogP contribution in [-0.4, -0.2) is 63.3 Å². The van der Waals surface area contributed by atoms with Gasteiger partial charge in [-0.05, 0) is 49.7 Å². The Morgan fingerprint density at radius 2 is 1.63 bits per heavy atom. The van der Waals surface area contributed by atoms with Crippen molar-refractivity contribution in [3.8, 4) is 11.5 Å². The fourth-order valence-corrected chi connectivity index (χ4v) is 3.49. The minimum Gasteiger partial charge on any atom is -0.493 e. The smallest absolute Gasteiger partial charge is 0.161 e. The van der Waals surface area contributed by atoms with Crippen LogP contribution >= 0.6 is 0 Å². The molecule has 0 atom stereocenters. The number of piperazine rings is 1. The Bertz CT molecular complexity index is 682. The fraction of sp³-hybridized carbons (Fsp3) is 0.478. The molecule has 0 spiro atoms. The average Bonchev–Trinajstić information content (AvgIpc) is 2.71. The predicted octanol–water partition coefficient (Wildman–Crippen LogP) is 3.50. The van der Waals surface area contributed by atoms with Gasteiger partial charge in [0, 0.05) is 32.6 Å². The third kappa shape index (κ3) is 6.26. The van der Waals surface area contributed by atoms with Crippen molar-refractivity contribution in [2.75, 3.05) is 53.5 Å². The Balaban J connectivity index is 1.45. The molecule has 1 aliphatic heterocycles. The number of methoxy groups -OCH3 is 1. The van der Waals surface area contributed by atoms with E-state index in [1.807, 2.05) is 6.07 Å². The van der Waals surface area contributed by atoms with Gasteiger partial charge in [-0.15, -0.1) is 0 Å². The molecule has 0 saturated carbocycles. The van der Waals surface area contributed by atoms with E-state index in [9.17, 15) is 0 Å². The van der Waals surface area contributed by atoms with Crippen molar-refractivity contribution >= 4 is 0 Å². The fourth-order valence-electron chi connectivity index (χ4n) is 3.49. The number of rotatable bonds is 9. The molecule has 146 valence electrons. The highest BCUT2D eigenvalue weighted by Crippen LogP contribution is 2.28. The van der Waals surface area contributed by atoms with Crippen LogP contribution in [0.2, 0.25) is 0 Å². The Morgan fingerprint density at radius 1 is 0.852 bits per heavy atom. The summed E-state index contributed by atoms with van der Waals surface area (Å²) in [6, 6.07) is 16.8. The van der Waals surface area contributed by atoms with E-state index in [-0.39, 0.29) is 0 Å². The Morgan fingerprint density at radius 3 is 2.37 bits per heavy atom. The van der Waals surface area contributed by atoms with Gasteiger partial charge in [0.15, 0.2) is 11.5 Å². The third-order valence-corrected chi connectivity index (χ3v) is 5.25. The summed E-state index contributed by atoms with van der Waals surface area (Å²) < 4.78 is 11.5. The van der Waals surface area contributed by atoms with Gasteiger partial charge >= 0.3 is 0 Å². The number of ether oxygens (including phenoxy) is 2. The first-order valence-corrected chi connectivity index (χ1v) is 9.99. The molecule has 27 heavy (non-hydrogen) atoms. The van der Waals surface area contributed by atoms with Gasteiger partial charge in [0.25, 0.3) is 0 Å². The molecule has 4 heteroatoms. The van der Waals surface area contributed by atoms with Gasteiger partial charge < -0.3 is 19.3 Å². The van der Waals surface area contributed by atoms with Crippen molar-refractivity contribution in [1.29, 1.82) is 0 Å². The van der Waals surface area contributed by atoms with Crippen LogP contribution in [0.3, 0.4) is 0 Å². The van der Waals surface area contributed by atoms with Crippen LogP contribution in [0.4, 0.5) is 0 Å². The molecule has 0 unspecified atom stereocenters. The van der Waals surface area contributed by atoms with Gasteiger partial charge in [-0.3, -0.25) is 0 Å². The summed E-state index contributed by atoms with van der Waals surface area (Å²) in [5.74, 6) is 1.66. The molecule has 0 aromatic heterocycles. The van der Waals surface area contributed by atoms with Gasteiger partial charge in [0.2, 0.25) is 0 Å². The molecule has 0 aliphatic carbocycles. The average molecular weight is 369 g/mol. The molecule has 0 amide bonds. The zero-order chi connectivity index (χ0) is 18.9. The summed E-state index contributed by atoms with van der Waals surface area (Å²) in [5, 5.41) is 0. The molecular formula is C23H32N2O2. The van der Waals surface area contributed by atoms with Gasteiger partial charge in [0.1, 0.15) is 0 Å². The molecule has 1 fully saturated rings. The summed E-state index contributed by atoms with van der Waals surface area (Å²) in [6.07, 6.45) is 3.16. The SMILES string of the molecule is COc1cc(CCCN2CCN(C)CC2)ccc1OCCc1ccccc1. The normalized spacial score (nSPS) is 15.6. The van der Waals surface area contributed by atoms with Crippen LogP contribution in [-0.2, 0) is 12.8 Å². The molecule has 4 nitrogen and oxygen atoms in total. The van der Waals surface area contributed by atoms with E-state index in [1.165, 1.54) is 50.3 Å². The maximum Gasteiger partial charge on any atom is 0.161 e. The number of hydrogen-bond donors (Lipinski definition) is 0. The van der Waals surface area contributed by atoms with E-state index >= 15 is 0 Å². The molecule has 0 N–H and O–H groups in total. The second-order valence-corrected chi connectivity index (χ2v) is 7.32. The molecule has 1 saturated heterocycles. The summed E-state index contributed by atoms with van der Waals surface area (Å²) in [4.78, 5) is 4.97. The van der Waals surface area contributed by atoms with Crippen molar-refractivity contribution in [2.24, 2.45) is 0 Å². The van der Waals surface area contributed by atoms with Gasteiger partial charge in [-0.2, -0.15) is 0 Å². The van der Waals surface area contributed by atoms with Crippen LogP contribution in [0, 0.1) is 0 Å². The molecule has 0 bridgehead atoms. The molecule has 2 aromatic rings. The minimum absolute atomic E-state index is 0.656. The zero-order valence-electron chi connectivity index (χ0n) is 16.7. The van der Waals surface area contributed by atoms with E-state index in [1.54, 1.807) is 7.11 Å². The second-order valence-electron chi connectivity index (χ2n) is 7.32. The molecule has 0 radical (unpaired) electrons. The lowest BCUT2D eigenvalue weighted by molar-refractivity contribution is 0.153. The van der Waals surface area contributed by atoms with Crippen LogP contribution < -0.4 is 9.47 Å². The largest absolute Gasteiger partial charge is 0.493 e. The van der Waals surface area contributed by atoms with Crippen LogP contribution in [0.15, 0.2) is 48.5 Å². The first-order chi connectivity index (χ1) is 13.2. The molecule has 1 aliphatic rings. The van der Waals surface area contributed by atoms with Crippen molar-refractivity contribution in [1.82, 2.24) is 9.80 Å². The lowest BCUT2D eigenvalue weighted by Crippen LogP contribution is -2.44. The number of nitrogens with zero attached hydrogens (tertiary/aromatic N) is 2. The summed E-state index contributed by atoms with van der Waals surface area (Å²) >= 11 is 0. The Hall–Kier alpha value is -2.04. The maximum absolute atomic E-state index is 5.96. The maximum atomic E-state index is 5.96. The van der Waals surface area contributed by atoms with Crippen molar-refractivity contribution < 1.29 is 9.47 Å². The van der Waals surface area contributed by atoms with Crippen molar-refractivity contribution in [3.05, 3.63) is 59.7 Å². The van der Waals surface area contributed by atoms with Crippen molar-refractivity contribution in [3.63, 3.8) is 0 Å². The number of benzene rings is 2. The van der Waals surface area contributed by atoms with Crippen LogP contribution in [0.1, 0.15) is 17.5 Å².